The standard InChI is InChI=1S/C17H21N3O2/c1-3-20(13-14-9-11-18-12-10-14)17(21)19-15-7-5-6-8-16(15)22-4-2/h5-12H,3-4,13H2,1-2H3,(H,19,21). The summed E-state index contributed by atoms with van der Waals surface area (Å²) >= 11 is 0. The first-order valence-corrected chi connectivity index (χ1v) is 7.41. The molecule has 1 aromatic heterocycles. The van der Waals surface area contributed by atoms with Crippen LogP contribution >= 0.6 is 0 Å². The Kier molecular flexibility index (Phi) is 5.77. The van der Waals surface area contributed by atoms with Gasteiger partial charge >= 0.3 is 6.03 Å². The maximum absolute atomic E-state index is 12.4. The molecule has 0 saturated heterocycles. The van der Waals surface area contributed by atoms with Crippen molar-refractivity contribution in [2.75, 3.05) is 18.5 Å². The predicted octanol–water partition coefficient (Wildman–Crippen LogP) is 3.53. The molecule has 116 valence electrons. The van der Waals surface area contributed by atoms with Crippen molar-refractivity contribution in [2.24, 2.45) is 0 Å². The van der Waals surface area contributed by atoms with Crippen molar-refractivity contribution in [1.82, 2.24) is 9.88 Å². The number of nitrogens with one attached hydrogen (secondary N) is 1. The number of carbonyl (C=O) groups is 1. The van der Waals surface area contributed by atoms with Gasteiger partial charge in [0.2, 0.25) is 0 Å². The smallest absolute Gasteiger partial charge is 0.322 e. The van der Waals surface area contributed by atoms with E-state index in [1.54, 1.807) is 17.3 Å². The van der Waals surface area contributed by atoms with Crippen molar-refractivity contribution in [1.29, 1.82) is 0 Å². The average molecular weight is 299 g/mol. The normalized spacial score (nSPS) is 10.1. The molecule has 1 heterocycles. The van der Waals surface area contributed by atoms with Crippen LogP contribution in [0, 0.1) is 0 Å². The summed E-state index contributed by atoms with van der Waals surface area (Å²) in [5.74, 6) is 0.679. The summed E-state index contributed by atoms with van der Waals surface area (Å²) in [5, 5.41) is 2.91. The molecule has 1 N–H and O–H groups in total. The first-order valence-electron chi connectivity index (χ1n) is 7.41. The number of carbonyl (C=O) groups excluding carboxylic acids is 1. The molecule has 5 nitrogen and oxygen atoms in total. The van der Waals surface area contributed by atoms with E-state index >= 15 is 0 Å². The number of hydrogen-bond acceptors (Lipinski definition) is 3. The van der Waals surface area contributed by atoms with Crippen LogP contribution in [0.1, 0.15) is 19.4 Å². The van der Waals surface area contributed by atoms with Crippen molar-refractivity contribution in [3.05, 3.63) is 54.4 Å². The van der Waals surface area contributed by atoms with Crippen LogP contribution in [0.4, 0.5) is 10.5 Å². The minimum atomic E-state index is -0.147. The van der Waals surface area contributed by atoms with E-state index in [2.05, 4.69) is 10.3 Å². The van der Waals surface area contributed by atoms with Crippen molar-refractivity contribution < 1.29 is 9.53 Å². The molecule has 5 heteroatoms. The summed E-state index contributed by atoms with van der Waals surface area (Å²) in [7, 11) is 0. The van der Waals surface area contributed by atoms with Gasteiger partial charge in [-0.3, -0.25) is 4.98 Å². The van der Waals surface area contributed by atoms with Gasteiger partial charge in [0.05, 0.1) is 12.3 Å². The third-order valence-corrected chi connectivity index (χ3v) is 3.22. The van der Waals surface area contributed by atoms with Crippen LogP contribution in [0.15, 0.2) is 48.8 Å². The second-order valence-corrected chi connectivity index (χ2v) is 4.73. The molecule has 2 amide bonds. The van der Waals surface area contributed by atoms with Crippen LogP contribution in [0.2, 0.25) is 0 Å². The molecule has 0 spiro atoms. The Balaban J connectivity index is 2.06. The van der Waals surface area contributed by atoms with E-state index in [1.165, 1.54) is 0 Å². The first-order chi connectivity index (χ1) is 10.7. The quantitative estimate of drug-likeness (QED) is 0.887. The van der Waals surface area contributed by atoms with Gasteiger partial charge in [0.25, 0.3) is 0 Å². The van der Waals surface area contributed by atoms with Gasteiger partial charge in [0.1, 0.15) is 5.75 Å². The first kappa shape index (κ1) is 15.8. The highest BCUT2D eigenvalue weighted by atomic mass is 16.5. The highest BCUT2D eigenvalue weighted by Crippen LogP contribution is 2.24. The maximum atomic E-state index is 12.4. The van der Waals surface area contributed by atoms with E-state index < -0.39 is 0 Å². The number of para-hydroxylation sites is 2. The molecule has 0 atom stereocenters. The van der Waals surface area contributed by atoms with Crippen molar-refractivity contribution in [3.8, 4) is 5.75 Å². The third kappa shape index (κ3) is 4.22. The molecule has 0 bridgehead atoms. The molecule has 2 rings (SSSR count). The molecule has 0 aliphatic rings. The van der Waals surface area contributed by atoms with Gasteiger partial charge in [-0.05, 0) is 43.7 Å². The Morgan fingerprint density at radius 1 is 1.18 bits per heavy atom. The number of amides is 2. The number of aromatic nitrogens is 1. The monoisotopic (exact) mass is 299 g/mol. The topological polar surface area (TPSA) is 54.5 Å². The van der Waals surface area contributed by atoms with Crippen LogP contribution in [0.5, 0.6) is 5.75 Å². The molecule has 0 aliphatic carbocycles. The van der Waals surface area contributed by atoms with Crippen LogP contribution in [-0.2, 0) is 6.54 Å². The molecule has 0 radical (unpaired) electrons. The second kappa shape index (κ2) is 8.02. The van der Waals surface area contributed by atoms with Crippen molar-refractivity contribution >= 4 is 11.7 Å². The van der Waals surface area contributed by atoms with Gasteiger partial charge in [0, 0.05) is 25.5 Å². The average Bonchev–Trinajstić information content (AvgIpc) is 2.55. The lowest BCUT2D eigenvalue weighted by molar-refractivity contribution is 0.212. The molecule has 0 saturated carbocycles. The Morgan fingerprint density at radius 3 is 2.59 bits per heavy atom. The lowest BCUT2D eigenvalue weighted by atomic mass is 10.2. The van der Waals surface area contributed by atoms with Gasteiger partial charge in [-0.15, -0.1) is 0 Å². The molecule has 0 fully saturated rings. The zero-order valence-corrected chi connectivity index (χ0v) is 13.0. The summed E-state index contributed by atoms with van der Waals surface area (Å²) in [5.41, 5.74) is 1.73. The molecule has 1 aromatic carbocycles. The van der Waals surface area contributed by atoms with E-state index in [-0.39, 0.29) is 6.03 Å². The highest BCUT2D eigenvalue weighted by molar-refractivity contribution is 5.90. The fourth-order valence-corrected chi connectivity index (χ4v) is 2.08. The number of rotatable bonds is 6. The van der Waals surface area contributed by atoms with Gasteiger partial charge in [-0.25, -0.2) is 4.79 Å². The third-order valence-electron chi connectivity index (χ3n) is 3.22. The van der Waals surface area contributed by atoms with Gasteiger partial charge in [-0.1, -0.05) is 12.1 Å². The molecular formula is C17H21N3O2. The number of nitrogens with zero attached hydrogens (tertiary/aromatic N) is 2. The molecule has 0 aliphatic heterocycles. The SMILES string of the molecule is CCOc1ccccc1NC(=O)N(CC)Cc1ccncc1. The van der Waals surface area contributed by atoms with Gasteiger partial charge in [-0.2, -0.15) is 0 Å². The lowest BCUT2D eigenvalue weighted by Gasteiger charge is -2.22. The minimum absolute atomic E-state index is 0.147. The van der Waals surface area contributed by atoms with Crippen molar-refractivity contribution in [2.45, 2.75) is 20.4 Å². The minimum Gasteiger partial charge on any atom is -0.492 e. The summed E-state index contributed by atoms with van der Waals surface area (Å²) in [6.45, 7) is 5.59. The number of anilines is 1. The lowest BCUT2D eigenvalue weighted by Crippen LogP contribution is -2.34. The predicted molar refractivity (Wildman–Crippen MR) is 87.0 cm³/mol. The van der Waals surface area contributed by atoms with E-state index in [0.29, 0.717) is 31.1 Å². The Bertz CT molecular complexity index is 602. The van der Waals surface area contributed by atoms with Crippen LogP contribution in [0.3, 0.4) is 0 Å². The van der Waals surface area contributed by atoms with E-state index in [0.717, 1.165) is 5.56 Å². The summed E-state index contributed by atoms with van der Waals surface area (Å²) in [6.07, 6.45) is 3.46. The zero-order valence-electron chi connectivity index (χ0n) is 13.0. The number of benzene rings is 1. The number of pyridine rings is 1. The Morgan fingerprint density at radius 2 is 1.91 bits per heavy atom. The van der Waals surface area contributed by atoms with Gasteiger partial charge < -0.3 is 15.0 Å². The molecule has 2 aromatic rings. The van der Waals surface area contributed by atoms with Crippen LogP contribution < -0.4 is 10.1 Å². The van der Waals surface area contributed by atoms with E-state index in [9.17, 15) is 4.79 Å². The van der Waals surface area contributed by atoms with Gasteiger partial charge in [0.15, 0.2) is 0 Å². The summed E-state index contributed by atoms with van der Waals surface area (Å²) in [6, 6.07) is 11.1. The Labute approximate surface area is 130 Å². The van der Waals surface area contributed by atoms with Crippen molar-refractivity contribution in [3.63, 3.8) is 0 Å². The molecular weight excluding hydrogens is 278 g/mol. The Hall–Kier alpha value is -2.56. The molecule has 22 heavy (non-hydrogen) atoms. The fourth-order valence-electron chi connectivity index (χ4n) is 2.08. The van der Waals surface area contributed by atoms with E-state index in [1.807, 2.05) is 50.2 Å². The highest BCUT2D eigenvalue weighted by Gasteiger charge is 2.14. The summed E-state index contributed by atoms with van der Waals surface area (Å²) < 4.78 is 5.53. The van der Waals surface area contributed by atoms with Crippen LogP contribution in [0.25, 0.3) is 0 Å². The zero-order chi connectivity index (χ0) is 15.8. The molecule has 0 unspecified atom stereocenters. The summed E-state index contributed by atoms with van der Waals surface area (Å²) in [4.78, 5) is 18.2. The fraction of sp³-hybridized carbons (Fsp3) is 0.294. The van der Waals surface area contributed by atoms with Crippen LogP contribution in [-0.4, -0.2) is 29.1 Å². The second-order valence-electron chi connectivity index (χ2n) is 4.73. The van der Waals surface area contributed by atoms with E-state index in [4.69, 9.17) is 4.74 Å². The number of urea groups is 1. The number of ether oxygens (including phenoxy) is 1. The number of hydrogen-bond donors (Lipinski definition) is 1. The maximum Gasteiger partial charge on any atom is 0.322 e. The largest absolute Gasteiger partial charge is 0.492 e.